The van der Waals surface area contributed by atoms with Crippen LogP contribution in [-0.2, 0) is 10.0 Å². The number of primary sulfonamides is 1. The van der Waals surface area contributed by atoms with Gasteiger partial charge in [-0.1, -0.05) is 12.1 Å². The summed E-state index contributed by atoms with van der Waals surface area (Å²) in [5, 5.41) is 18.1. The quantitative estimate of drug-likeness (QED) is 0.769. The largest absolute Gasteiger partial charge is 0.393 e. The molecule has 0 aromatic heterocycles. The molecule has 1 unspecified atom stereocenters. The summed E-state index contributed by atoms with van der Waals surface area (Å²) in [6, 6.07) is 6.83. The minimum atomic E-state index is -3.62. The van der Waals surface area contributed by atoms with E-state index in [1.54, 1.807) is 24.3 Å². The summed E-state index contributed by atoms with van der Waals surface area (Å²) in [4.78, 5) is 0.139. The van der Waals surface area contributed by atoms with Crippen LogP contribution < -0.4 is 10.5 Å². The van der Waals surface area contributed by atoms with Gasteiger partial charge in [0.1, 0.15) is 0 Å². The summed E-state index contributed by atoms with van der Waals surface area (Å²) in [7, 11) is -3.62. The van der Waals surface area contributed by atoms with Crippen molar-refractivity contribution >= 4 is 10.0 Å². The maximum absolute atomic E-state index is 11.2. The SMILES string of the molecule is CC(NCC1CCC(O)CC1)c1ccc(S(N)(=O)=O)cc1. The molecule has 0 amide bonds. The maximum Gasteiger partial charge on any atom is 0.238 e. The van der Waals surface area contributed by atoms with Gasteiger partial charge in [-0.05, 0) is 62.8 Å². The maximum atomic E-state index is 11.2. The van der Waals surface area contributed by atoms with Crippen molar-refractivity contribution in [1.82, 2.24) is 5.32 Å². The lowest BCUT2D eigenvalue weighted by Gasteiger charge is -2.27. The fraction of sp³-hybridized carbons (Fsp3) is 0.600. The molecule has 1 aromatic rings. The van der Waals surface area contributed by atoms with Gasteiger partial charge < -0.3 is 10.4 Å². The fourth-order valence-electron chi connectivity index (χ4n) is 2.76. The zero-order valence-electron chi connectivity index (χ0n) is 12.3. The van der Waals surface area contributed by atoms with E-state index in [4.69, 9.17) is 5.14 Å². The first kappa shape index (κ1) is 16.4. The number of aliphatic hydroxyl groups excluding tert-OH is 1. The highest BCUT2D eigenvalue weighted by Crippen LogP contribution is 2.24. The molecule has 0 heterocycles. The van der Waals surface area contributed by atoms with E-state index in [0.29, 0.717) is 5.92 Å². The number of nitrogens with one attached hydrogen (secondary N) is 1. The summed E-state index contributed by atoms with van der Waals surface area (Å²) in [6.07, 6.45) is 3.79. The number of hydrogen-bond acceptors (Lipinski definition) is 4. The van der Waals surface area contributed by atoms with Gasteiger partial charge in [0.25, 0.3) is 0 Å². The highest BCUT2D eigenvalue weighted by Gasteiger charge is 2.19. The lowest BCUT2D eigenvalue weighted by atomic mass is 9.87. The zero-order chi connectivity index (χ0) is 15.5. The third-order valence-electron chi connectivity index (χ3n) is 4.24. The van der Waals surface area contributed by atoms with Crippen LogP contribution in [0.15, 0.2) is 29.2 Å². The number of benzene rings is 1. The van der Waals surface area contributed by atoms with Gasteiger partial charge in [-0.25, -0.2) is 13.6 Å². The second-order valence-corrected chi connectivity index (χ2v) is 7.48. The lowest BCUT2D eigenvalue weighted by molar-refractivity contribution is 0.108. The van der Waals surface area contributed by atoms with Crippen molar-refractivity contribution in [3.8, 4) is 0 Å². The Kier molecular flexibility index (Phi) is 5.37. The van der Waals surface area contributed by atoms with Crippen LogP contribution in [0.25, 0.3) is 0 Å². The molecule has 118 valence electrons. The number of aliphatic hydroxyl groups is 1. The number of rotatable bonds is 5. The van der Waals surface area contributed by atoms with Crippen molar-refractivity contribution < 1.29 is 13.5 Å². The topological polar surface area (TPSA) is 92.4 Å². The van der Waals surface area contributed by atoms with E-state index in [9.17, 15) is 13.5 Å². The first-order valence-electron chi connectivity index (χ1n) is 7.40. The Morgan fingerprint density at radius 1 is 1.24 bits per heavy atom. The van der Waals surface area contributed by atoms with Crippen molar-refractivity contribution in [2.75, 3.05) is 6.54 Å². The zero-order valence-corrected chi connectivity index (χ0v) is 13.1. The monoisotopic (exact) mass is 312 g/mol. The number of nitrogens with two attached hydrogens (primary N) is 1. The molecule has 4 N–H and O–H groups in total. The minimum absolute atomic E-state index is 0.121. The van der Waals surface area contributed by atoms with Gasteiger partial charge in [0.05, 0.1) is 11.0 Å². The number of sulfonamides is 1. The average Bonchev–Trinajstić information content (AvgIpc) is 2.45. The van der Waals surface area contributed by atoms with Crippen LogP contribution in [0.1, 0.15) is 44.2 Å². The van der Waals surface area contributed by atoms with Crippen LogP contribution in [0.3, 0.4) is 0 Å². The molecule has 1 aliphatic rings. The highest BCUT2D eigenvalue weighted by atomic mass is 32.2. The number of hydrogen-bond donors (Lipinski definition) is 3. The lowest BCUT2D eigenvalue weighted by Crippen LogP contribution is -2.29. The molecule has 1 aliphatic carbocycles. The Morgan fingerprint density at radius 3 is 2.33 bits per heavy atom. The molecule has 0 aliphatic heterocycles. The van der Waals surface area contributed by atoms with E-state index in [1.165, 1.54) is 0 Å². The molecule has 0 radical (unpaired) electrons. The Hall–Kier alpha value is -0.950. The molecule has 1 saturated carbocycles. The average molecular weight is 312 g/mol. The predicted octanol–water partition coefficient (Wildman–Crippen LogP) is 1.54. The molecule has 1 fully saturated rings. The van der Waals surface area contributed by atoms with Gasteiger partial charge in [-0.15, -0.1) is 0 Å². The smallest absolute Gasteiger partial charge is 0.238 e. The molecule has 2 rings (SSSR count). The Morgan fingerprint density at radius 2 is 1.81 bits per heavy atom. The summed E-state index contributed by atoms with van der Waals surface area (Å²) in [5.74, 6) is 0.611. The third-order valence-corrected chi connectivity index (χ3v) is 5.17. The Bertz CT molecular complexity index is 549. The van der Waals surface area contributed by atoms with E-state index in [2.05, 4.69) is 12.2 Å². The standard InChI is InChI=1S/C15H24N2O3S/c1-11(17-10-12-2-6-14(18)7-3-12)13-4-8-15(9-5-13)21(16,19)20/h4-5,8-9,11-12,14,17-18H,2-3,6-7,10H2,1H3,(H2,16,19,20). The van der Waals surface area contributed by atoms with Crippen LogP contribution in [0, 0.1) is 5.92 Å². The minimum Gasteiger partial charge on any atom is -0.393 e. The first-order chi connectivity index (χ1) is 9.86. The van der Waals surface area contributed by atoms with Gasteiger partial charge in [-0.2, -0.15) is 0 Å². The molecular formula is C15H24N2O3S. The second kappa shape index (κ2) is 6.87. The van der Waals surface area contributed by atoms with Crippen molar-refractivity contribution in [2.24, 2.45) is 11.1 Å². The van der Waals surface area contributed by atoms with E-state index in [-0.39, 0.29) is 17.0 Å². The highest BCUT2D eigenvalue weighted by molar-refractivity contribution is 7.89. The van der Waals surface area contributed by atoms with Crippen LogP contribution in [0.5, 0.6) is 0 Å². The normalized spacial score (nSPS) is 24.7. The molecular weight excluding hydrogens is 288 g/mol. The summed E-state index contributed by atoms with van der Waals surface area (Å²) >= 11 is 0. The van der Waals surface area contributed by atoms with Gasteiger partial charge in [0.2, 0.25) is 10.0 Å². The van der Waals surface area contributed by atoms with Crippen molar-refractivity contribution in [2.45, 2.75) is 49.6 Å². The summed E-state index contributed by atoms with van der Waals surface area (Å²) < 4.78 is 22.4. The molecule has 6 heteroatoms. The summed E-state index contributed by atoms with van der Waals surface area (Å²) in [6.45, 7) is 2.98. The molecule has 0 spiro atoms. The second-order valence-electron chi connectivity index (χ2n) is 5.92. The molecule has 1 aromatic carbocycles. The molecule has 5 nitrogen and oxygen atoms in total. The Labute approximate surface area is 126 Å². The molecule has 21 heavy (non-hydrogen) atoms. The molecule has 0 saturated heterocycles. The van der Waals surface area contributed by atoms with Crippen molar-refractivity contribution in [3.05, 3.63) is 29.8 Å². The Balaban J connectivity index is 1.87. The van der Waals surface area contributed by atoms with Crippen LogP contribution in [0.2, 0.25) is 0 Å². The van der Waals surface area contributed by atoms with E-state index < -0.39 is 10.0 Å². The van der Waals surface area contributed by atoms with Gasteiger partial charge in [-0.3, -0.25) is 0 Å². The predicted molar refractivity (Wildman–Crippen MR) is 82.2 cm³/mol. The van der Waals surface area contributed by atoms with Gasteiger partial charge >= 0.3 is 0 Å². The van der Waals surface area contributed by atoms with Crippen molar-refractivity contribution in [1.29, 1.82) is 0 Å². The molecule has 1 atom stereocenters. The van der Waals surface area contributed by atoms with Crippen LogP contribution in [-0.4, -0.2) is 26.2 Å². The van der Waals surface area contributed by atoms with Crippen LogP contribution in [0.4, 0.5) is 0 Å². The van der Waals surface area contributed by atoms with E-state index in [0.717, 1.165) is 37.8 Å². The van der Waals surface area contributed by atoms with Gasteiger partial charge in [0, 0.05) is 6.04 Å². The van der Waals surface area contributed by atoms with Crippen LogP contribution >= 0.6 is 0 Å². The van der Waals surface area contributed by atoms with Gasteiger partial charge in [0.15, 0.2) is 0 Å². The first-order valence-corrected chi connectivity index (χ1v) is 8.95. The third kappa shape index (κ3) is 4.78. The fourth-order valence-corrected chi connectivity index (χ4v) is 3.27. The molecule has 0 bridgehead atoms. The van der Waals surface area contributed by atoms with E-state index >= 15 is 0 Å². The van der Waals surface area contributed by atoms with Crippen molar-refractivity contribution in [3.63, 3.8) is 0 Å². The summed E-state index contributed by atoms with van der Waals surface area (Å²) in [5.41, 5.74) is 1.04. The van der Waals surface area contributed by atoms with E-state index in [1.807, 2.05) is 0 Å².